The molecule has 27 heavy (non-hydrogen) atoms. The van der Waals surface area contributed by atoms with Crippen LogP contribution in [0.1, 0.15) is 61.0 Å². The van der Waals surface area contributed by atoms with Crippen molar-refractivity contribution >= 4 is 5.91 Å². The molecule has 5 nitrogen and oxygen atoms in total. The minimum atomic E-state index is 0.197. The van der Waals surface area contributed by atoms with Gasteiger partial charge in [0.2, 0.25) is 5.91 Å². The molecule has 1 aliphatic carbocycles. The van der Waals surface area contributed by atoms with Crippen molar-refractivity contribution in [2.75, 3.05) is 13.1 Å². The van der Waals surface area contributed by atoms with Crippen LogP contribution in [0.5, 0.6) is 0 Å². The Morgan fingerprint density at radius 1 is 1.15 bits per heavy atom. The Morgan fingerprint density at radius 3 is 2.63 bits per heavy atom. The van der Waals surface area contributed by atoms with E-state index in [1.807, 2.05) is 4.90 Å². The predicted octanol–water partition coefficient (Wildman–Crippen LogP) is 3.47. The van der Waals surface area contributed by atoms with Crippen LogP contribution >= 0.6 is 0 Å². The fourth-order valence-corrected chi connectivity index (χ4v) is 4.46. The van der Waals surface area contributed by atoms with E-state index >= 15 is 0 Å². The van der Waals surface area contributed by atoms with E-state index in [2.05, 4.69) is 48.2 Å². The highest BCUT2D eigenvalue weighted by Crippen LogP contribution is 2.32. The number of likely N-dealkylation sites (tertiary alicyclic amines) is 1. The van der Waals surface area contributed by atoms with Gasteiger partial charge >= 0.3 is 0 Å². The van der Waals surface area contributed by atoms with E-state index < -0.39 is 0 Å². The molecule has 1 amide bonds. The van der Waals surface area contributed by atoms with Gasteiger partial charge < -0.3 is 10.2 Å². The van der Waals surface area contributed by atoms with Crippen LogP contribution < -0.4 is 5.32 Å². The summed E-state index contributed by atoms with van der Waals surface area (Å²) in [5.74, 6) is 0.197. The number of carbonyl (C=O) groups is 1. The lowest BCUT2D eigenvalue weighted by molar-refractivity contribution is -0.129. The SMILES string of the molecule is CC(=O)N1CCC(NC2CCCc3c2cnn3-c2ccc(C)c(C)c2)CC1. The number of benzene rings is 1. The van der Waals surface area contributed by atoms with E-state index in [0.29, 0.717) is 12.1 Å². The summed E-state index contributed by atoms with van der Waals surface area (Å²) in [4.78, 5) is 13.5. The lowest BCUT2D eigenvalue weighted by Gasteiger charge is -2.35. The topological polar surface area (TPSA) is 50.2 Å². The number of carbonyl (C=O) groups excluding carboxylic acids is 1. The van der Waals surface area contributed by atoms with Gasteiger partial charge in [-0.3, -0.25) is 4.79 Å². The van der Waals surface area contributed by atoms with Crippen molar-refractivity contribution in [1.29, 1.82) is 0 Å². The predicted molar refractivity (Wildman–Crippen MR) is 107 cm³/mol. The number of amides is 1. The zero-order valence-electron chi connectivity index (χ0n) is 16.7. The van der Waals surface area contributed by atoms with Gasteiger partial charge in [-0.1, -0.05) is 6.07 Å². The lowest BCUT2D eigenvalue weighted by Crippen LogP contribution is -2.45. The highest BCUT2D eigenvalue weighted by atomic mass is 16.2. The van der Waals surface area contributed by atoms with E-state index in [0.717, 1.165) is 38.0 Å². The number of hydrogen-bond donors (Lipinski definition) is 1. The van der Waals surface area contributed by atoms with E-state index in [1.54, 1.807) is 6.92 Å². The molecule has 2 aliphatic rings. The molecule has 0 spiro atoms. The smallest absolute Gasteiger partial charge is 0.219 e. The van der Waals surface area contributed by atoms with Gasteiger partial charge in [0.1, 0.15) is 0 Å². The molecule has 5 heteroatoms. The summed E-state index contributed by atoms with van der Waals surface area (Å²) in [5.41, 5.74) is 6.49. The third-order valence-electron chi connectivity index (χ3n) is 6.30. The molecule has 1 aromatic heterocycles. The maximum absolute atomic E-state index is 11.5. The van der Waals surface area contributed by atoms with Gasteiger partial charge in [-0.15, -0.1) is 0 Å². The van der Waals surface area contributed by atoms with Crippen molar-refractivity contribution in [3.63, 3.8) is 0 Å². The second-order valence-electron chi connectivity index (χ2n) is 8.12. The molecule has 1 fully saturated rings. The van der Waals surface area contributed by atoms with Crippen LogP contribution in [0.2, 0.25) is 0 Å². The standard InChI is InChI=1S/C22H30N4O/c1-15-7-8-19(13-16(15)2)26-22-6-4-5-21(20(22)14-23-26)24-18-9-11-25(12-10-18)17(3)27/h7-8,13-14,18,21,24H,4-6,9-12H2,1-3H3. The minimum Gasteiger partial charge on any atom is -0.343 e. The van der Waals surface area contributed by atoms with Gasteiger partial charge in [-0.05, 0) is 69.2 Å². The van der Waals surface area contributed by atoms with Gasteiger partial charge in [0.05, 0.1) is 11.9 Å². The number of aryl methyl sites for hydroxylation is 2. The first kappa shape index (κ1) is 18.2. The number of rotatable bonds is 3. The molecule has 0 saturated carbocycles. The molecule has 2 aromatic rings. The third kappa shape index (κ3) is 3.65. The second-order valence-corrected chi connectivity index (χ2v) is 8.12. The summed E-state index contributed by atoms with van der Waals surface area (Å²) in [5, 5.41) is 8.61. The molecule has 0 radical (unpaired) electrons. The summed E-state index contributed by atoms with van der Waals surface area (Å²) in [7, 11) is 0. The first-order chi connectivity index (χ1) is 13.0. The summed E-state index contributed by atoms with van der Waals surface area (Å²) >= 11 is 0. The maximum atomic E-state index is 11.5. The Hall–Kier alpha value is -2.14. The molecule has 2 heterocycles. The first-order valence-electron chi connectivity index (χ1n) is 10.2. The molecule has 1 N–H and O–H groups in total. The number of fused-ring (bicyclic) bond motifs is 1. The van der Waals surface area contributed by atoms with Gasteiger partial charge in [-0.25, -0.2) is 4.68 Å². The fraction of sp³-hybridized carbons (Fsp3) is 0.545. The van der Waals surface area contributed by atoms with Gasteiger partial charge in [0.15, 0.2) is 0 Å². The molecular weight excluding hydrogens is 336 g/mol. The fourth-order valence-electron chi connectivity index (χ4n) is 4.46. The monoisotopic (exact) mass is 366 g/mol. The van der Waals surface area contributed by atoms with E-state index in [1.165, 1.54) is 35.2 Å². The highest BCUT2D eigenvalue weighted by molar-refractivity contribution is 5.73. The Kier molecular flexibility index (Phi) is 5.04. The van der Waals surface area contributed by atoms with Crippen LogP contribution in [0.25, 0.3) is 5.69 Å². The maximum Gasteiger partial charge on any atom is 0.219 e. The van der Waals surface area contributed by atoms with Gasteiger partial charge in [-0.2, -0.15) is 5.10 Å². The van der Waals surface area contributed by atoms with Crippen molar-refractivity contribution in [1.82, 2.24) is 20.0 Å². The minimum absolute atomic E-state index is 0.197. The van der Waals surface area contributed by atoms with E-state index in [9.17, 15) is 4.79 Å². The van der Waals surface area contributed by atoms with Gasteiger partial charge in [0.25, 0.3) is 0 Å². The molecule has 1 saturated heterocycles. The van der Waals surface area contributed by atoms with Crippen LogP contribution in [-0.2, 0) is 11.2 Å². The van der Waals surface area contributed by atoms with Crippen LogP contribution in [0.15, 0.2) is 24.4 Å². The average Bonchev–Trinajstić information content (AvgIpc) is 3.10. The Balaban J connectivity index is 1.50. The number of nitrogens with one attached hydrogen (secondary N) is 1. The summed E-state index contributed by atoms with van der Waals surface area (Å²) in [6, 6.07) is 7.45. The molecule has 1 aromatic carbocycles. The zero-order chi connectivity index (χ0) is 19.0. The van der Waals surface area contributed by atoms with E-state index in [-0.39, 0.29) is 5.91 Å². The van der Waals surface area contributed by atoms with Crippen LogP contribution in [0.3, 0.4) is 0 Å². The van der Waals surface area contributed by atoms with Crippen molar-refractivity contribution in [2.24, 2.45) is 0 Å². The van der Waals surface area contributed by atoms with E-state index in [4.69, 9.17) is 5.10 Å². The largest absolute Gasteiger partial charge is 0.343 e. The average molecular weight is 367 g/mol. The number of aromatic nitrogens is 2. The van der Waals surface area contributed by atoms with Crippen LogP contribution in [-0.4, -0.2) is 39.7 Å². The van der Waals surface area contributed by atoms with Gasteiger partial charge in [0, 0.05) is 43.4 Å². The summed E-state index contributed by atoms with van der Waals surface area (Å²) in [6.45, 7) is 7.72. The first-order valence-corrected chi connectivity index (χ1v) is 10.2. The molecular formula is C22H30N4O. The number of hydrogen-bond acceptors (Lipinski definition) is 3. The third-order valence-corrected chi connectivity index (χ3v) is 6.30. The van der Waals surface area contributed by atoms with Crippen molar-refractivity contribution in [2.45, 2.75) is 65.0 Å². The number of piperidine rings is 1. The normalized spacial score (nSPS) is 20.6. The molecule has 1 aliphatic heterocycles. The second kappa shape index (κ2) is 7.47. The summed E-state index contributed by atoms with van der Waals surface area (Å²) in [6.07, 6.45) is 7.58. The Bertz CT molecular complexity index is 833. The number of nitrogens with zero attached hydrogens (tertiary/aromatic N) is 3. The molecule has 4 rings (SSSR count). The molecule has 144 valence electrons. The Morgan fingerprint density at radius 2 is 1.93 bits per heavy atom. The summed E-state index contributed by atoms with van der Waals surface area (Å²) < 4.78 is 2.13. The quantitative estimate of drug-likeness (QED) is 0.905. The molecule has 0 bridgehead atoms. The Labute approximate surface area is 161 Å². The zero-order valence-corrected chi connectivity index (χ0v) is 16.7. The highest BCUT2D eigenvalue weighted by Gasteiger charge is 2.28. The van der Waals surface area contributed by atoms with Crippen molar-refractivity contribution in [3.8, 4) is 5.69 Å². The van der Waals surface area contributed by atoms with Crippen molar-refractivity contribution < 1.29 is 4.79 Å². The van der Waals surface area contributed by atoms with Crippen LogP contribution in [0, 0.1) is 13.8 Å². The lowest BCUT2D eigenvalue weighted by atomic mass is 9.91. The molecule has 1 atom stereocenters. The van der Waals surface area contributed by atoms with Crippen molar-refractivity contribution in [3.05, 3.63) is 46.8 Å². The molecule has 1 unspecified atom stereocenters. The van der Waals surface area contributed by atoms with Crippen LogP contribution in [0.4, 0.5) is 0 Å².